The number of nitrogens with two attached hydrogens (primary N) is 2. The monoisotopic (exact) mass is 139 g/mol. The topological polar surface area (TPSA) is 55.3 Å². The van der Waals surface area contributed by atoms with E-state index in [9.17, 15) is 0 Å². The molecule has 56 valence electrons. The molecule has 1 rings (SSSR count). The molecule has 3 heteroatoms. The van der Waals surface area contributed by atoms with E-state index in [0.717, 1.165) is 24.4 Å². The molecule has 4 N–H and O–H groups in total. The third-order valence-electron chi connectivity index (χ3n) is 1.71. The van der Waals surface area contributed by atoms with Crippen molar-refractivity contribution in [3.63, 3.8) is 0 Å². The summed E-state index contributed by atoms with van der Waals surface area (Å²) >= 11 is 0. The molecule has 0 aromatic rings. The lowest BCUT2D eigenvalue weighted by atomic mass is 10.3. The minimum absolute atomic E-state index is 0.934. The molecule has 0 saturated heterocycles. The van der Waals surface area contributed by atoms with Gasteiger partial charge in [-0.3, -0.25) is 0 Å². The van der Waals surface area contributed by atoms with E-state index in [0.29, 0.717) is 0 Å². The Morgan fingerprint density at radius 3 is 2.70 bits per heavy atom. The number of rotatable bonds is 1. The molecule has 0 radical (unpaired) electrons. The molecule has 1 aliphatic heterocycles. The molecule has 0 fully saturated rings. The normalized spacial score (nSPS) is 19.5. The fourth-order valence-electron chi connectivity index (χ4n) is 1.11. The van der Waals surface area contributed by atoms with Gasteiger partial charge in [0.05, 0.1) is 5.70 Å². The lowest BCUT2D eigenvalue weighted by molar-refractivity contribution is 0.471. The maximum Gasteiger partial charge on any atom is 0.0569 e. The van der Waals surface area contributed by atoms with Gasteiger partial charge in [-0.25, -0.2) is 0 Å². The van der Waals surface area contributed by atoms with Crippen LogP contribution in [0.2, 0.25) is 0 Å². The van der Waals surface area contributed by atoms with Crippen LogP contribution in [0, 0.1) is 0 Å². The predicted molar refractivity (Wildman–Crippen MR) is 41.8 cm³/mol. The van der Waals surface area contributed by atoms with Gasteiger partial charge in [-0.15, -0.1) is 0 Å². The standard InChI is InChI=1S/C7H13N3/c1-10-5-3-6(9)7(10)2-4-8/h2,4H,3,5,8-9H2,1H3/b4-2-. The van der Waals surface area contributed by atoms with Crippen LogP contribution in [-0.4, -0.2) is 18.5 Å². The average molecular weight is 139 g/mol. The Morgan fingerprint density at radius 2 is 2.30 bits per heavy atom. The molecule has 0 unspecified atom stereocenters. The van der Waals surface area contributed by atoms with Crippen molar-refractivity contribution in [1.82, 2.24) is 4.90 Å². The SMILES string of the molecule is CN1CCC(N)=C1/C=C\N. The van der Waals surface area contributed by atoms with Crippen LogP contribution in [0.15, 0.2) is 23.7 Å². The Balaban J connectivity index is 2.77. The molecule has 0 amide bonds. The number of nitrogens with zero attached hydrogens (tertiary/aromatic N) is 1. The van der Waals surface area contributed by atoms with Crippen molar-refractivity contribution >= 4 is 0 Å². The Morgan fingerprint density at radius 1 is 1.60 bits per heavy atom. The molecular weight excluding hydrogens is 126 g/mol. The van der Waals surface area contributed by atoms with Crippen LogP contribution in [0.4, 0.5) is 0 Å². The average Bonchev–Trinajstić information content (AvgIpc) is 2.20. The minimum Gasteiger partial charge on any atom is -0.405 e. The van der Waals surface area contributed by atoms with E-state index in [-0.39, 0.29) is 0 Å². The predicted octanol–water partition coefficient (Wildman–Crippen LogP) is -0.0354. The van der Waals surface area contributed by atoms with E-state index in [1.54, 1.807) is 0 Å². The number of hydrogen-bond donors (Lipinski definition) is 2. The van der Waals surface area contributed by atoms with Crippen molar-refractivity contribution in [1.29, 1.82) is 0 Å². The lowest BCUT2D eigenvalue weighted by Gasteiger charge is -2.11. The lowest BCUT2D eigenvalue weighted by Crippen LogP contribution is -2.12. The zero-order valence-corrected chi connectivity index (χ0v) is 6.17. The number of hydrogen-bond acceptors (Lipinski definition) is 3. The maximum atomic E-state index is 5.69. The largest absolute Gasteiger partial charge is 0.405 e. The minimum atomic E-state index is 0.934. The zero-order valence-electron chi connectivity index (χ0n) is 6.17. The number of likely N-dealkylation sites (N-methyl/N-ethyl adjacent to an activating group) is 1. The summed E-state index contributed by atoms with van der Waals surface area (Å²) in [4.78, 5) is 2.10. The van der Waals surface area contributed by atoms with Gasteiger partial charge in [0, 0.05) is 25.7 Å². The van der Waals surface area contributed by atoms with Crippen LogP contribution in [0.25, 0.3) is 0 Å². The summed E-state index contributed by atoms with van der Waals surface area (Å²) < 4.78 is 0. The molecule has 0 aliphatic carbocycles. The highest BCUT2D eigenvalue weighted by atomic mass is 15.1. The smallest absolute Gasteiger partial charge is 0.0569 e. The van der Waals surface area contributed by atoms with Gasteiger partial charge in [0.2, 0.25) is 0 Å². The molecule has 3 nitrogen and oxygen atoms in total. The highest BCUT2D eigenvalue weighted by molar-refractivity contribution is 5.26. The molecule has 0 aromatic carbocycles. The summed E-state index contributed by atoms with van der Waals surface area (Å²) in [5.41, 5.74) is 12.9. The van der Waals surface area contributed by atoms with Gasteiger partial charge < -0.3 is 16.4 Å². The van der Waals surface area contributed by atoms with E-state index in [2.05, 4.69) is 4.90 Å². The quantitative estimate of drug-likeness (QED) is 0.536. The summed E-state index contributed by atoms with van der Waals surface area (Å²) in [6.45, 7) is 1.01. The zero-order chi connectivity index (χ0) is 7.56. The molecule has 0 spiro atoms. The Labute approximate surface area is 61.0 Å². The van der Waals surface area contributed by atoms with Crippen LogP contribution < -0.4 is 11.5 Å². The molecule has 0 atom stereocenters. The highest BCUT2D eigenvalue weighted by Gasteiger charge is 2.13. The van der Waals surface area contributed by atoms with Crippen LogP contribution in [-0.2, 0) is 0 Å². The van der Waals surface area contributed by atoms with E-state index in [4.69, 9.17) is 11.5 Å². The molecular formula is C7H13N3. The summed E-state index contributed by atoms with van der Waals surface area (Å²) in [6, 6.07) is 0. The molecule has 1 heterocycles. The van der Waals surface area contributed by atoms with Crippen molar-refractivity contribution in [2.75, 3.05) is 13.6 Å². The van der Waals surface area contributed by atoms with E-state index in [1.807, 2.05) is 13.1 Å². The Kier molecular flexibility index (Phi) is 1.85. The second-order valence-electron chi connectivity index (χ2n) is 2.44. The summed E-state index contributed by atoms with van der Waals surface area (Å²) in [5, 5.41) is 0. The van der Waals surface area contributed by atoms with Crippen LogP contribution in [0.5, 0.6) is 0 Å². The maximum absolute atomic E-state index is 5.69. The van der Waals surface area contributed by atoms with Crippen molar-refractivity contribution in [2.24, 2.45) is 11.5 Å². The molecule has 0 bridgehead atoms. The molecule has 0 aromatic heterocycles. The van der Waals surface area contributed by atoms with E-state index in [1.165, 1.54) is 6.20 Å². The first kappa shape index (κ1) is 6.99. The van der Waals surface area contributed by atoms with Crippen molar-refractivity contribution in [3.05, 3.63) is 23.7 Å². The fraction of sp³-hybridized carbons (Fsp3) is 0.429. The first-order valence-electron chi connectivity index (χ1n) is 3.33. The van der Waals surface area contributed by atoms with Gasteiger partial charge in [-0.05, 0) is 12.3 Å². The number of allylic oxidation sites excluding steroid dienone is 1. The second kappa shape index (κ2) is 2.64. The first-order chi connectivity index (χ1) is 4.75. The van der Waals surface area contributed by atoms with Crippen LogP contribution >= 0.6 is 0 Å². The summed E-state index contributed by atoms with van der Waals surface area (Å²) in [5.74, 6) is 0. The fourth-order valence-corrected chi connectivity index (χ4v) is 1.11. The van der Waals surface area contributed by atoms with Gasteiger partial charge in [-0.2, -0.15) is 0 Å². The summed E-state index contributed by atoms with van der Waals surface area (Å²) in [6.07, 6.45) is 4.31. The van der Waals surface area contributed by atoms with E-state index >= 15 is 0 Å². The molecule has 10 heavy (non-hydrogen) atoms. The third kappa shape index (κ3) is 1.07. The van der Waals surface area contributed by atoms with Crippen molar-refractivity contribution in [2.45, 2.75) is 6.42 Å². The Hall–Kier alpha value is -1.12. The van der Waals surface area contributed by atoms with Gasteiger partial charge in [-0.1, -0.05) is 0 Å². The first-order valence-corrected chi connectivity index (χ1v) is 3.33. The third-order valence-corrected chi connectivity index (χ3v) is 1.71. The van der Waals surface area contributed by atoms with Gasteiger partial charge >= 0.3 is 0 Å². The van der Waals surface area contributed by atoms with Gasteiger partial charge in [0.15, 0.2) is 0 Å². The van der Waals surface area contributed by atoms with Crippen LogP contribution in [0.1, 0.15) is 6.42 Å². The van der Waals surface area contributed by atoms with Crippen molar-refractivity contribution < 1.29 is 0 Å². The molecule has 1 aliphatic rings. The van der Waals surface area contributed by atoms with Crippen LogP contribution in [0.3, 0.4) is 0 Å². The second-order valence-corrected chi connectivity index (χ2v) is 2.44. The molecule has 0 saturated carbocycles. The summed E-state index contributed by atoms with van der Waals surface area (Å²) in [7, 11) is 2.01. The highest BCUT2D eigenvalue weighted by Crippen LogP contribution is 2.17. The van der Waals surface area contributed by atoms with Gasteiger partial charge in [0.1, 0.15) is 0 Å². The van der Waals surface area contributed by atoms with Crippen molar-refractivity contribution in [3.8, 4) is 0 Å². The van der Waals surface area contributed by atoms with Gasteiger partial charge in [0.25, 0.3) is 0 Å². The van der Waals surface area contributed by atoms with E-state index < -0.39 is 0 Å². The Bertz CT molecular complexity index is 181.